The molecule has 0 N–H and O–H groups in total. The number of pyridine rings is 4. The molecule has 0 amide bonds. The normalized spacial score (nSPS) is 11.5. The minimum atomic E-state index is 0.903. The Hall–Kier alpha value is -6.26. The molecule has 0 spiro atoms. The van der Waals surface area contributed by atoms with E-state index >= 15 is 0 Å². The zero-order chi connectivity index (χ0) is 30.5. The van der Waals surface area contributed by atoms with E-state index in [2.05, 4.69) is 127 Å². The Morgan fingerprint density at radius 1 is 0.348 bits per heavy atom. The van der Waals surface area contributed by atoms with E-state index in [0.717, 1.165) is 88.5 Å². The predicted molar refractivity (Wildman–Crippen MR) is 189 cm³/mol. The Balaban J connectivity index is 1.27. The van der Waals surface area contributed by atoms with Crippen LogP contribution in [-0.2, 0) is 0 Å². The van der Waals surface area contributed by atoms with E-state index in [-0.39, 0.29) is 0 Å². The van der Waals surface area contributed by atoms with Gasteiger partial charge < -0.3 is 0 Å². The van der Waals surface area contributed by atoms with Crippen molar-refractivity contribution in [3.63, 3.8) is 0 Å². The van der Waals surface area contributed by atoms with Crippen LogP contribution in [0.4, 0.5) is 0 Å². The third kappa shape index (κ3) is 4.47. The summed E-state index contributed by atoms with van der Waals surface area (Å²) in [6.45, 7) is 0. The fraction of sp³-hybridized carbons (Fsp3) is 0. The molecule has 0 saturated carbocycles. The average Bonchev–Trinajstić information content (AvgIpc) is 3.14. The van der Waals surface area contributed by atoms with Gasteiger partial charge in [0.25, 0.3) is 0 Å². The van der Waals surface area contributed by atoms with Crippen LogP contribution in [0.15, 0.2) is 158 Å². The van der Waals surface area contributed by atoms with Crippen molar-refractivity contribution in [2.24, 2.45) is 0 Å². The van der Waals surface area contributed by atoms with Gasteiger partial charge in [-0.1, -0.05) is 115 Å². The first-order chi connectivity index (χ1) is 22.8. The number of hydrogen-bond acceptors (Lipinski definition) is 4. The van der Waals surface area contributed by atoms with Crippen molar-refractivity contribution in [2.75, 3.05) is 0 Å². The highest BCUT2D eigenvalue weighted by molar-refractivity contribution is 6.15. The van der Waals surface area contributed by atoms with Gasteiger partial charge in [0.2, 0.25) is 0 Å². The van der Waals surface area contributed by atoms with Gasteiger partial charge in [-0.2, -0.15) is 0 Å². The van der Waals surface area contributed by atoms with Crippen LogP contribution in [0.3, 0.4) is 0 Å². The molecule has 0 atom stereocenters. The van der Waals surface area contributed by atoms with Crippen molar-refractivity contribution in [3.05, 3.63) is 158 Å². The zero-order valence-electron chi connectivity index (χ0n) is 24.8. The molecule has 0 aliphatic rings. The van der Waals surface area contributed by atoms with Gasteiger partial charge in [0.1, 0.15) is 0 Å². The summed E-state index contributed by atoms with van der Waals surface area (Å²) in [6.07, 6.45) is 1.83. The van der Waals surface area contributed by atoms with E-state index in [9.17, 15) is 0 Å². The molecule has 4 aromatic heterocycles. The fourth-order valence-electron chi connectivity index (χ4n) is 6.39. The minimum absolute atomic E-state index is 0.903. The van der Waals surface area contributed by atoms with E-state index in [1.54, 1.807) is 0 Å². The summed E-state index contributed by atoms with van der Waals surface area (Å²) < 4.78 is 0. The zero-order valence-corrected chi connectivity index (χ0v) is 24.8. The molecule has 0 aliphatic carbocycles. The molecule has 0 aliphatic heterocycles. The number of aromatic nitrogens is 4. The van der Waals surface area contributed by atoms with Crippen LogP contribution in [0.5, 0.6) is 0 Å². The molecule has 4 heterocycles. The fourth-order valence-corrected chi connectivity index (χ4v) is 6.39. The van der Waals surface area contributed by atoms with Crippen molar-refractivity contribution >= 4 is 43.6 Å². The third-order valence-corrected chi connectivity index (χ3v) is 8.64. The van der Waals surface area contributed by atoms with E-state index in [0.29, 0.717) is 0 Å². The van der Waals surface area contributed by atoms with Crippen LogP contribution in [0, 0.1) is 0 Å². The summed E-state index contributed by atoms with van der Waals surface area (Å²) in [4.78, 5) is 20.3. The number of hydrogen-bond donors (Lipinski definition) is 0. The van der Waals surface area contributed by atoms with Gasteiger partial charge >= 0.3 is 0 Å². The smallest absolute Gasteiger partial charge is 0.0972 e. The Kier molecular flexibility index (Phi) is 6.10. The molecule has 0 radical (unpaired) electrons. The number of fused-ring (bicyclic) bond motifs is 6. The summed E-state index contributed by atoms with van der Waals surface area (Å²) in [7, 11) is 0. The quantitative estimate of drug-likeness (QED) is 0.152. The second-order valence-electron chi connectivity index (χ2n) is 11.5. The lowest BCUT2D eigenvalue weighted by atomic mass is 9.96. The molecular weight excluding hydrogens is 560 g/mol. The Morgan fingerprint density at radius 2 is 1.02 bits per heavy atom. The van der Waals surface area contributed by atoms with Crippen molar-refractivity contribution in [1.82, 2.24) is 19.9 Å². The van der Waals surface area contributed by atoms with Gasteiger partial charge in [0, 0.05) is 44.4 Å². The molecule has 9 rings (SSSR count). The maximum atomic E-state index is 5.28. The molecule has 214 valence electrons. The molecule has 4 heteroatoms. The second-order valence-corrected chi connectivity index (χ2v) is 11.5. The van der Waals surface area contributed by atoms with Crippen molar-refractivity contribution in [1.29, 1.82) is 0 Å². The molecule has 0 unspecified atom stereocenters. The maximum Gasteiger partial charge on any atom is 0.0972 e. The highest BCUT2D eigenvalue weighted by Crippen LogP contribution is 2.37. The monoisotopic (exact) mass is 586 g/mol. The molecular formula is C42H26N4. The molecule has 0 bridgehead atoms. The van der Waals surface area contributed by atoms with Gasteiger partial charge in [0.05, 0.1) is 39.1 Å². The van der Waals surface area contributed by atoms with Crippen molar-refractivity contribution < 1.29 is 0 Å². The average molecular weight is 587 g/mol. The van der Waals surface area contributed by atoms with Gasteiger partial charge in [0.15, 0.2) is 0 Å². The highest BCUT2D eigenvalue weighted by atomic mass is 14.8. The molecule has 5 aromatic carbocycles. The minimum Gasteiger partial charge on any atom is -0.254 e. The first kappa shape index (κ1) is 26.2. The molecule has 0 fully saturated rings. The van der Waals surface area contributed by atoms with Gasteiger partial charge in [-0.05, 0) is 47.5 Å². The van der Waals surface area contributed by atoms with Crippen LogP contribution in [0.25, 0.3) is 88.5 Å². The summed E-state index contributed by atoms with van der Waals surface area (Å²) in [5, 5.41) is 4.17. The topological polar surface area (TPSA) is 51.6 Å². The van der Waals surface area contributed by atoms with Crippen molar-refractivity contribution in [3.8, 4) is 44.9 Å². The van der Waals surface area contributed by atoms with E-state index in [1.807, 2.05) is 30.5 Å². The maximum absolute atomic E-state index is 5.28. The van der Waals surface area contributed by atoms with Gasteiger partial charge in [-0.25, -0.2) is 15.0 Å². The SMILES string of the molecule is c1ccc(-c2cc(-c3cccc(-c4nc5ccccc5c5nc6c(ccc7cccnc76)cc45)c3)cc(-c3ccccc3)n2)cc1. The van der Waals surface area contributed by atoms with Gasteiger partial charge in [-0.3, -0.25) is 4.98 Å². The number of para-hydroxylation sites is 1. The molecule has 0 saturated heterocycles. The van der Waals surface area contributed by atoms with E-state index in [1.165, 1.54) is 0 Å². The standard InChI is InChI=1S/C42H26N4/c1-3-11-27(12-4-1)37-25-33(26-38(44-37)28-13-5-2-6-14-28)30-15-9-16-31(23-30)39-35-24-32-21-20-29-17-10-22-43-40(29)41(32)46-42(35)34-18-7-8-19-36(34)45-39/h1-26H. The highest BCUT2D eigenvalue weighted by Gasteiger charge is 2.16. The molecule has 9 aromatic rings. The number of benzene rings is 5. The van der Waals surface area contributed by atoms with E-state index in [4.69, 9.17) is 19.9 Å². The number of nitrogens with zero attached hydrogens (tertiary/aromatic N) is 4. The summed E-state index contributed by atoms with van der Waals surface area (Å²) in [5.74, 6) is 0. The Morgan fingerprint density at radius 3 is 1.80 bits per heavy atom. The van der Waals surface area contributed by atoms with Gasteiger partial charge in [-0.15, -0.1) is 0 Å². The van der Waals surface area contributed by atoms with Crippen LogP contribution < -0.4 is 0 Å². The van der Waals surface area contributed by atoms with Crippen molar-refractivity contribution in [2.45, 2.75) is 0 Å². The largest absolute Gasteiger partial charge is 0.254 e. The lowest BCUT2D eigenvalue weighted by Gasteiger charge is -2.14. The molecule has 4 nitrogen and oxygen atoms in total. The lowest BCUT2D eigenvalue weighted by molar-refractivity contribution is 1.32. The van der Waals surface area contributed by atoms with Crippen LogP contribution >= 0.6 is 0 Å². The summed E-state index contributed by atoms with van der Waals surface area (Å²) >= 11 is 0. The predicted octanol–water partition coefficient (Wildman–Crippen LogP) is 10.5. The second kappa shape index (κ2) is 10.7. The number of rotatable bonds is 4. The summed E-state index contributed by atoms with van der Waals surface area (Å²) in [6, 6.07) is 52.5. The van der Waals surface area contributed by atoms with Crippen LogP contribution in [0.2, 0.25) is 0 Å². The Bertz CT molecular complexity index is 2520. The summed E-state index contributed by atoms with van der Waals surface area (Å²) in [5.41, 5.74) is 11.8. The van der Waals surface area contributed by atoms with E-state index < -0.39 is 0 Å². The van der Waals surface area contributed by atoms with Crippen LogP contribution in [-0.4, -0.2) is 19.9 Å². The Labute approximate surface area is 265 Å². The van der Waals surface area contributed by atoms with Crippen LogP contribution in [0.1, 0.15) is 0 Å². The third-order valence-electron chi connectivity index (χ3n) is 8.64. The first-order valence-electron chi connectivity index (χ1n) is 15.4. The molecule has 46 heavy (non-hydrogen) atoms. The lowest BCUT2D eigenvalue weighted by Crippen LogP contribution is -1.94. The first-order valence-corrected chi connectivity index (χ1v) is 15.4.